The van der Waals surface area contributed by atoms with Gasteiger partial charge in [0.1, 0.15) is 15.8 Å². The molecule has 88 valence electrons. The smallest absolute Gasteiger partial charge is 0.141 e. The molecular weight excluding hydrogens is 242 g/mol. The van der Waals surface area contributed by atoms with Crippen molar-refractivity contribution in [1.29, 1.82) is 0 Å². The molecule has 0 heterocycles. The zero-order chi connectivity index (χ0) is 12.1. The number of phenolic OH excluding ortho intramolecular Hbond substituents is 2. The molecule has 0 aromatic heterocycles. The molecule has 0 saturated carbocycles. The highest BCUT2D eigenvalue weighted by Crippen LogP contribution is 2.33. The Bertz CT molecular complexity index is 378. The van der Waals surface area contributed by atoms with E-state index in [1.165, 1.54) is 30.0 Å². The molecule has 0 atom stereocenters. The van der Waals surface area contributed by atoms with E-state index in [0.717, 1.165) is 13.1 Å². The van der Waals surface area contributed by atoms with Gasteiger partial charge >= 0.3 is 0 Å². The van der Waals surface area contributed by atoms with Gasteiger partial charge in [0.05, 0.1) is 4.90 Å². The van der Waals surface area contributed by atoms with E-state index in [1.807, 2.05) is 18.7 Å². The summed E-state index contributed by atoms with van der Waals surface area (Å²) in [6, 6.07) is 4.41. The van der Waals surface area contributed by atoms with Gasteiger partial charge in [-0.25, -0.2) is 0 Å². The molecule has 3 nitrogen and oxygen atoms in total. The van der Waals surface area contributed by atoms with E-state index in [-0.39, 0.29) is 11.5 Å². The van der Waals surface area contributed by atoms with E-state index in [2.05, 4.69) is 0 Å². The molecule has 0 aliphatic heterocycles. The lowest BCUT2D eigenvalue weighted by Gasteiger charge is -2.21. The number of nitrogens with zero attached hydrogens (tertiary/aromatic N) is 1. The van der Waals surface area contributed by atoms with Crippen LogP contribution in [0, 0.1) is 0 Å². The maximum absolute atomic E-state index is 9.60. The number of benzene rings is 1. The van der Waals surface area contributed by atoms with Crippen molar-refractivity contribution in [1.82, 2.24) is 4.90 Å². The topological polar surface area (TPSA) is 43.7 Å². The summed E-state index contributed by atoms with van der Waals surface area (Å²) in [7, 11) is 0. The Morgan fingerprint density at radius 2 is 1.94 bits per heavy atom. The van der Waals surface area contributed by atoms with Gasteiger partial charge in [0, 0.05) is 13.1 Å². The summed E-state index contributed by atoms with van der Waals surface area (Å²) in [5, 5.41) is 18.9. The van der Waals surface area contributed by atoms with Crippen molar-refractivity contribution in [3.05, 3.63) is 18.2 Å². The van der Waals surface area contributed by atoms with Gasteiger partial charge in [-0.1, -0.05) is 24.0 Å². The Kier molecular flexibility index (Phi) is 4.89. The minimum atomic E-state index is 0.127. The van der Waals surface area contributed by atoms with Gasteiger partial charge in [-0.3, -0.25) is 0 Å². The van der Waals surface area contributed by atoms with Crippen LogP contribution in [-0.4, -0.2) is 32.5 Å². The molecule has 16 heavy (non-hydrogen) atoms. The fraction of sp³-hybridized carbons (Fsp3) is 0.364. The van der Waals surface area contributed by atoms with E-state index < -0.39 is 0 Å². The molecule has 1 rings (SSSR count). The number of thioether (sulfide) groups is 1. The van der Waals surface area contributed by atoms with Crippen LogP contribution < -0.4 is 0 Å². The predicted octanol–water partition coefficient (Wildman–Crippen LogP) is 2.82. The van der Waals surface area contributed by atoms with Crippen molar-refractivity contribution in [3.63, 3.8) is 0 Å². The zero-order valence-electron chi connectivity index (χ0n) is 9.30. The van der Waals surface area contributed by atoms with Crippen molar-refractivity contribution in [2.24, 2.45) is 0 Å². The van der Waals surface area contributed by atoms with Crippen LogP contribution in [0.15, 0.2) is 23.1 Å². The van der Waals surface area contributed by atoms with Crippen LogP contribution in [0.1, 0.15) is 13.8 Å². The van der Waals surface area contributed by atoms with Crippen LogP contribution in [-0.2, 0) is 0 Å². The molecule has 0 unspecified atom stereocenters. The van der Waals surface area contributed by atoms with Gasteiger partial charge in [0.15, 0.2) is 0 Å². The molecular formula is C11H15NO2S2. The minimum absolute atomic E-state index is 0.127. The molecule has 0 saturated heterocycles. The van der Waals surface area contributed by atoms with Crippen molar-refractivity contribution < 1.29 is 10.2 Å². The second-order valence-corrected chi connectivity index (χ2v) is 4.87. The molecule has 0 aliphatic rings. The van der Waals surface area contributed by atoms with Crippen LogP contribution in [0.4, 0.5) is 0 Å². The van der Waals surface area contributed by atoms with Gasteiger partial charge in [-0.2, -0.15) is 0 Å². The SMILES string of the molecule is CCN(CC)C(=S)Sc1cc(O)ccc1O. The molecule has 0 aliphatic carbocycles. The number of rotatable bonds is 3. The number of hydrogen-bond donors (Lipinski definition) is 2. The first-order valence-electron chi connectivity index (χ1n) is 5.07. The predicted molar refractivity (Wildman–Crippen MR) is 71.1 cm³/mol. The monoisotopic (exact) mass is 257 g/mol. The Hall–Kier alpha value is -0.940. The van der Waals surface area contributed by atoms with E-state index in [9.17, 15) is 10.2 Å². The Morgan fingerprint density at radius 3 is 2.50 bits per heavy atom. The zero-order valence-corrected chi connectivity index (χ0v) is 10.9. The molecule has 1 aromatic rings. The highest BCUT2D eigenvalue weighted by molar-refractivity contribution is 8.23. The third-order valence-electron chi connectivity index (χ3n) is 2.16. The number of hydrogen-bond acceptors (Lipinski definition) is 4. The maximum atomic E-state index is 9.60. The van der Waals surface area contributed by atoms with Crippen LogP contribution in [0.2, 0.25) is 0 Å². The van der Waals surface area contributed by atoms with E-state index >= 15 is 0 Å². The number of phenols is 2. The normalized spacial score (nSPS) is 10.1. The largest absolute Gasteiger partial charge is 0.508 e. The third-order valence-corrected chi connectivity index (χ3v) is 3.65. The first-order chi connectivity index (χ1) is 7.58. The molecule has 5 heteroatoms. The fourth-order valence-corrected chi connectivity index (χ4v) is 2.68. The van der Waals surface area contributed by atoms with Crippen molar-refractivity contribution in [2.75, 3.05) is 13.1 Å². The van der Waals surface area contributed by atoms with Crippen molar-refractivity contribution in [2.45, 2.75) is 18.7 Å². The second-order valence-electron chi connectivity index (χ2n) is 3.19. The summed E-state index contributed by atoms with van der Waals surface area (Å²) in [4.78, 5) is 2.60. The van der Waals surface area contributed by atoms with Gasteiger partial charge < -0.3 is 15.1 Å². The minimum Gasteiger partial charge on any atom is -0.508 e. The van der Waals surface area contributed by atoms with E-state index in [4.69, 9.17) is 12.2 Å². The quantitative estimate of drug-likeness (QED) is 0.495. The lowest BCUT2D eigenvalue weighted by molar-refractivity contribution is 0.448. The van der Waals surface area contributed by atoms with Gasteiger partial charge in [-0.05, 0) is 32.0 Å². The summed E-state index contributed by atoms with van der Waals surface area (Å²) in [5.41, 5.74) is 0. The third kappa shape index (κ3) is 3.28. The van der Waals surface area contributed by atoms with Crippen LogP contribution in [0.25, 0.3) is 0 Å². The standard InChI is InChI=1S/C11H15NO2S2/c1-3-12(4-2)11(15)16-10-7-8(13)5-6-9(10)14/h5-7,13-14H,3-4H2,1-2H3. The average molecular weight is 257 g/mol. The lowest BCUT2D eigenvalue weighted by Crippen LogP contribution is -2.26. The molecule has 2 N–H and O–H groups in total. The Morgan fingerprint density at radius 1 is 1.31 bits per heavy atom. The highest BCUT2D eigenvalue weighted by atomic mass is 32.2. The molecule has 0 spiro atoms. The molecule has 0 bridgehead atoms. The number of thiocarbonyl (C=S) groups is 1. The van der Waals surface area contributed by atoms with Crippen LogP contribution in [0.3, 0.4) is 0 Å². The van der Waals surface area contributed by atoms with Crippen LogP contribution >= 0.6 is 24.0 Å². The van der Waals surface area contributed by atoms with Crippen molar-refractivity contribution in [3.8, 4) is 11.5 Å². The fourth-order valence-electron chi connectivity index (χ4n) is 1.22. The summed E-state index contributed by atoms with van der Waals surface area (Å²) in [5.74, 6) is 0.264. The van der Waals surface area contributed by atoms with Gasteiger partial charge in [0.25, 0.3) is 0 Å². The Labute approximate surface area is 105 Å². The van der Waals surface area contributed by atoms with Gasteiger partial charge in [0.2, 0.25) is 0 Å². The first kappa shape index (κ1) is 13.1. The molecule has 1 aromatic carbocycles. The summed E-state index contributed by atoms with van der Waals surface area (Å²) in [6.45, 7) is 5.72. The van der Waals surface area contributed by atoms with Crippen LogP contribution in [0.5, 0.6) is 11.5 Å². The summed E-state index contributed by atoms with van der Waals surface area (Å²) in [6.07, 6.45) is 0. The lowest BCUT2D eigenvalue weighted by atomic mass is 10.3. The molecule has 0 amide bonds. The molecule has 0 radical (unpaired) electrons. The number of aromatic hydroxyl groups is 2. The van der Waals surface area contributed by atoms with E-state index in [0.29, 0.717) is 9.22 Å². The molecule has 0 fully saturated rings. The van der Waals surface area contributed by atoms with Gasteiger partial charge in [-0.15, -0.1) is 0 Å². The van der Waals surface area contributed by atoms with E-state index in [1.54, 1.807) is 0 Å². The average Bonchev–Trinajstić information content (AvgIpc) is 2.25. The Balaban J connectivity index is 2.80. The maximum Gasteiger partial charge on any atom is 0.141 e. The second kappa shape index (κ2) is 5.96. The summed E-state index contributed by atoms with van der Waals surface area (Å²) < 4.78 is 0.700. The first-order valence-corrected chi connectivity index (χ1v) is 6.29. The highest BCUT2D eigenvalue weighted by Gasteiger charge is 2.10. The summed E-state index contributed by atoms with van der Waals surface area (Å²) >= 11 is 6.54. The van der Waals surface area contributed by atoms with Crippen molar-refractivity contribution >= 4 is 28.3 Å².